The Morgan fingerprint density at radius 1 is 1.62 bits per heavy atom. The molecule has 0 saturated carbocycles. The standard InChI is InChI=1S/C2H4O5S/c1-2(3)7-8(4,5)6/h1H3,(H,4,5,6)/p-1. The highest BCUT2D eigenvalue weighted by Gasteiger charge is 1.96. The molecule has 5 nitrogen and oxygen atoms in total. The van der Waals surface area contributed by atoms with Crippen molar-refractivity contribution in [1.82, 2.24) is 0 Å². The fourth-order valence-corrected chi connectivity index (χ4v) is 0.431. The van der Waals surface area contributed by atoms with E-state index in [-0.39, 0.29) is 0 Å². The zero-order valence-electron chi connectivity index (χ0n) is 3.95. The van der Waals surface area contributed by atoms with E-state index in [0.29, 0.717) is 0 Å². The van der Waals surface area contributed by atoms with Crippen LogP contribution in [0.5, 0.6) is 0 Å². The van der Waals surface area contributed by atoms with Gasteiger partial charge in [-0.3, -0.25) is 4.79 Å². The monoisotopic (exact) mass is 139 g/mol. The minimum Gasteiger partial charge on any atom is -0.716 e. The summed E-state index contributed by atoms with van der Waals surface area (Å²) in [5.74, 6) is -1.13. The molecule has 0 aliphatic heterocycles. The summed E-state index contributed by atoms with van der Waals surface area (Å²) in [5.41, 5.74) is 0. The molecule has 0 amide bonds. The van der Waals surface area contributed by atoms with Crippen LogP contribution in [0.15, 0.2) is 0 Å². The predicted molar refractivity (Wildman–Crippen MR) is 21.5 cm³/mol. The van der Waals surface area contributed by atoms with Crippen LogP contribution >= 0.6 is 0 Å². The van der Waals surface area contributed by atoms with Gasteiger partial charge in [-0.15, -0.1) is 0 Å². The Morgan fingerprint density at radius 3 is 2.00 bits per heavy atom. The second-order valence-corrected chi connectivity index (χ2v) is 1.97. The molecule has 0 fully saturated rings. The molecule has 48 valence electrons. The summed E-state index contributed by atoms with van der Waals surface area (Å²) in [4.78, 5) is 9.66. The molecule has 6 heteroatoms. The second kappa shape index (κ2) is 2.10. The van der Waals surface area contributed by atoms with Crippen molar-refractivity contribution >= 4 is 16.4 Å². The largest absolute Gasteiger partial charge is 0.716 e. The first-order valence-electron chi connectivity index (χ1n) is 1.57. The Bertz CT molecular complexity index is 177. The third-order valence-electron chi connectivity index (χ3n) is 0.219. The Balaban J connectivity index is 3.95. The molecule has 0 saturated heterocycles. The highest BCUT2D eigenvalue weighted by molar-refractivity contribution is 7.81. The lowest BCUT2D eigenvalue weighted by Gasteiger charge is -2.02. The topological polar surface area (TPSA) is 83.5 Å². The maximum atomic E-state index is 9.66. The minimum absolute atomic E-state index is 0.829. The molecule has 0 spiro atoms. The Labute approximate surface area is 46.2 Å². The molecule has 0 aliphatic rings. The van der Waals surface area contributed by atoms with Gasteiger partial charge in [-0.2, -0.15) is 0 Å². The van der Waals surface area contributed by atoms with Crippen molar-refractivity contribution in [2.24, 2.45) is 0 Å². The smallest absolute Gasteiger partial charge is 0.318 e. The van der Waals surface area contributed by atoms with Crippen LogP contribution in [0.3, 0.4) is 0 Å². The molecule has 8 heavy (non-hydrogen) atoms. The van der Waals surface area contributed by atoms with Gasteiger partial charge < -0.3 is 8.74 Å². The first kappa shape index (κ1) is 7.38. The van der Waals surface area contributed by atoms with Crippen LogP contribution in [0.25, 0.3) is 0 Å². The first-order valence-corrected chi connectivity index (χ1v) is 2.91. The molecular weight excluding hydrogens is 136 g/mol. The SMILES string of the molecule is CC(=O)OS(=O)(=O)[O-]. The summed E-state index contributed by atoms with van der Waals surface area (Å²) in [6.45, 7) is 0.829. The van der Waals surface area contributed by atoms with Crippen LogP contribution in [-0.4, -0.2) is 18.9 Å². The van der Waals surface area contributed by atoms with Gasteiger partial charge in [0.2, 0.25) is 0 Å². The van der Waals surface area contributed by atoms with Gasteiger partial charge in [0.15, 0.2) is 0 Å². The maximum Gasteiger partial charge on any atom is 0.318 e. The van der Waals surface area contributed by atoms with Crippen LogP contribution in [0.4, 0.5) is 0 Å². The molecule has 0 heterocycles. The molecule has 0 atom stereocenters. The fraction of sp³-hybridized carbons (Fsp3) is 0.500. The maximum absolute atomic E-state index is 9.66. The van der Waals surface area contributed by atoms with Gasteiger partial charge in [-0.05, 0) is 0 Å². The Kier molecular flexibility index (Phi) is 1.94. The van der Waals surface area contributed by atoms with Gasteiger partial charge in [0.05, 0.1) is 0 Å². The number of hydrogen-bond acceptors (Lipinski definition) is 5. The van der Waals surface area contributed by atoms with Crippen molar-refractivity contribution in [1.29, 1.82) is 0 Å². The van der Waals surface area contributed by atoms with Crippen molar-refractivity contribution in [3.05, 3.63) is 0 Å². The van der Waals surface area contributed by atoms with Gasteiger partial charge in [-0.25, -0.2) is 8.42 Å². The molecule has 0 unspecified atom stereocenters. The van der Waals surface area contributed by atoms with E-state index in [1.165, 1.54) is 0 Å². The lowest BCUT2D eigenvalue weighted by molar-refractivity contribution is -0.131. The molecule has 0 aromatic rings. The molecule has 0 N–H and O–H groups in total. The van der Waals surface area contributed by atoms with Crippen LogP contribution in [0, 0.1) is 0 Å². The number of carbonyl (C=O) groups excluding carboxylic acids is 1. The van der Waals surface area contributed by atoms with Crippen molar-refractivity contribution in [3.8, 4) is 0 Å². The predicted octanol–water partition coefficient (Wildman–Crippen LogP) is -0.990. The summed E-state index contributed by atoms with van der Waals surface area (Å²) in [5, 5.41) is 0. The van der Waals surface area contributed by atoms with Crippen molar-refractivity contribution in [2.45, 2.75) is 6.92 Å². The highest BCUT2D eigenvalue weighted by Crippen LogP contribution is 1.83. The summed E-state index contributed by atoms with van der Waals surface area (Å²) in [6, 6.07) is 0. The van der Waals surface area contributed by atoms with Gasteiger partial charge in [-0.1, -0.05) is 0 Å². The van der Waals surface area contributed by atoms with Gasteiger partial charge in [0, 0.05) is 6.92 Å². The fourth-order valence-electron chi connectivity index (χ4n) is 0.144. The Hall–Kier alpha value is -0.620. The van der Waals surface area contributed by atoms with Crippen LogP contribution in [0.1, 0.15) is 6.92 Å². The van der Waals surface area contributed by atoms with Crippen LogP contribution in [-0.2, 0) is 19.4 Å². The summed E-state index contributed by atoms with van der Waals surface area (Å²) in [6.07, 6.45) is 0. The van der Waals surface area contributed by atoms with Gasteiger partial charge >= 0.3 is 5.97 Å². The quantitative estimate of drug-likeness (QED) is 0.344. The third kappa shape index (κ3) is 5.38. The minimum atomic E-state index is -4.82. The highest BCUT2D eigenvalue weighted by atomic mass is 32.3. The van der Waals surface area contributed by atoms with E-state index in [1.54, 1.807) is 0 Å². The summed E-state index contributed by atoms with van der Waals surface area (Å²) >= 11 is 0. The lowest BCUT2D eigenvalue weighted by Crippen LogP contribution is -2.07. The second-order valence-electron chi connectivity index (χ2n) is 0.983. The summed E-state index contributed by atoms with van der Waals surface area (Å²) in [7, 11) is -4.82. The molecule has 0 bridgehead atoms. The van der Waals surface area contributed by atoms with E-state index in [2.05, 4.69) is 4.18 Å². The lowest BCUT2D eigenvalue weighted by atomic mass is 10.9. The van der Waals surface area contributed by atoms with Crippen molar-refractivity contribution in [3.63, 3.8) is 0 Å². The number of carbonyl (C=O) groups is 1. The van der Waals surface area contributed by atoms with E-state index in [1.807, 2.05) is 0 Å². The molecule has 0 radical (unpaired) electrons. The molecule has 0 rings (SSSR count). The normalized spacial score (nSPS) is 10.8. The molecule has 0 aromatic carbocycles. The van der Waals surface area contributed by atoms with E-state index in [0.717, 1.165) is 6.92 Å². The van der Waals surface area contributed by atoms with E-state index in [9.17, 15) is 17.8 Å². The van der Waals surface area contributed by atoms with Crippen LogP contribution in [0.2, 0.25) is 0 Å². The first-order chi connectivity index (χ1) is 3.42. The third-order valence-corrected chi connectivity index (χ3v) is 0.658. The Morgan fingerprint density at radius 2 is 2.00 bits per heavy atom. The van der Waals surface area contributed by atoms with Gasteiger partial charge in [0.1, 0.15) is 0 Å². The van der Waals surface area contributed by atoms with E-state index >= 15 is 0 Å². The molecule has 0 aromatic heterocycles. The number of rotatable bonds is 1. The number of hydrogen-bond donors (Lipinski definition) is 0. The molecule has 0 aliphatic carbocycles. The van der Waals surface area contributed by atoms with E-state index in [4.69, 9.17) is 0 Å². The molecular formula is C2H3O5S-. The van der Waals surface area contributed by atoms with E-state index < -0.39 is 16.4 Å². The zero-order chi connectivity index (χ0) is 6.78. The average Bonchev–Trinajstić information content (AvgIpc) is 1.21. The van der Waals surface area contributed by atoms with Gasteiger partial charge in [0.25, 0.3) is 10.4 Å². The van der Waals surface area contributed by atoms with Crippen molar-refractivity contribution in [2.75, 3.05) is 0 Å². The summed E-state index contributed by atoms with van der Waals surface area (Å²) < 4.78 is 31.5. The average molecular weight is 139 g/mol. The zero-order valence-corrected chi connectivity index (χ0v) is 4.77. The van der Waals surface area contributed by atoms with Crippen molar-refractivity contribution < 1.29 is 21.9 Å². The van der Waals surface area contributed by atoms with Crippen LogP contribution < -0.4 is 0 Å².